The third kappa shape index (κ3) is 5.03. The number of halogens is 1. The molecular formula is C24H22FN5O5. The quantitative estimate of drug-likeness (QED) is 0.385. The van der Waals surface area contributed by atoms with Crippen LogP contribution in [0.1, 0.15) is 33.7 Å². The van der Waals surface area contributed by atoms with Crippen molar-refractivity contribution in [2.45, 2.75) is 12.8 Å². The van der Waals surface area contributed by atoms with E-state index in [0.29, 0.717) is 22.6 Å². The van der Waals surface area contributed by atoms with Crippen LogP contribution in [0, 0.1) is 11.7 Å². The summed E-state index contributed by atoms with van der Waals surface area (Å²) in [6.07, 6.45) is 1.64. The number of aromatic carboxylic acids is 1. The van der Waals surface area contributed by atoms with Gasteiger partial charge in [-0.15, -0.1) is 10.2 Å². The van der Waals surface area contributed by atoms with E-state index in [1.165, 1.54) is 32.4 Å². The maximum absolute atomic E-state index is 14.3. The molecule has 1 aliphatic rings. The zero-order valence-corrected chi connectivity index (χ0v) is 18.9. The molecule has 10 nitrogen and oxygen atoms in total. The molecule has 2 aromatic carbocycles. The van der Waals surface area contributed by atoms with Crippen molar-refractivity contribution in [3.8, 4) is 16.9 Å². The number of nitrogens with one attached hydrogen (secondary N) is 3. The summed E-state index contributed by atoms with van der Waals surface area (Å²) in [6, 6.07) is 10.3. The summed E-state index contributed by atoms with van der Waals surface area (Å²) < 4.78 is 19.9. The molecule has 1 fully saturated rings. The molecule has 0 aliphatic heterocycles. The Morgan fingerprint density at radius 1 is 1.09 bits per heavy atom. The van der Waals surface area contributed by atoms with Gasteiger partial charge in [-0.05, 0) is 36.6 Å². The third-order valence-electron chi connectivity index (χ3n) is 5.43. The summed E-state index contributed by atoms with van der Waals surface area (Å²) in [5.41, 5.74) is 1.10. The molecule has 1 heterocycles. The third-order valence-corrected chi connectivity index (χ3v) is 5.43. The largest absolute Gasteiger partial charge is 0.494 e. The minimum Gasteiger partial charge on any atom is -0.494 e. The lowest BCUT2D eigenvalue weighted by Crippen LogP contribution is -2.22. The van der Waals surface area contributed by atoms with E-state index in [1.807, 2.05) is 0 Å². The molecule has 1 aliphatic carbocycles. The van der Waals surface area contributed by atoms with Gasteiger partial charge < -0.3 is 25.8 Å². The normalized spacial score (nSPS) is 12.5. The summed E-state index contributed by atoms with van der Waals surface area (Å²) >= 11 is 0. The zero-order chi connectivity index (χ0) is 25.1. The summed E-state index contributed by atoms with van der Waals surface area (Å²) in [6.45, 7) is 0. The number of rotatable bonds is 8. The number of carbonyl (C=O) groups is 3. The van der Waals surface area contributed by atoms with Gasteiger partial charge >= 0.3 is 5.97 Å². The molecule has 2 amide bonds. The van der Waals surface area contributed by atoms with Gasteiger partial charge in [0.2, 0.25) is 5.91 Å². The van der Waals surface area contributed by atoms with Crippen LogP contribution < -0.4 is 20.7 Å². The molecule has 1 saturated carbocycles. The van der Waals surface area contributed by atoms with Gasteiger partial charge in [-0.3, -0.25) is 9.59 Å². The molecule has 180 valence electrons. The first-order valence-electron chi connectivity index (χ1n) is 10.7. The number of methoxy groups -OCH3 is 1. The maximum Gasteiger partial charge on any atom is 0.338 e. The number of carboxylic acid groups (broad SMARTS) is 1. The monoisotopic (exact) mass is 479 g/mol. The second-order valence-electron chi connectivity index (χ2n) is 7.85. The first-order chi connectivity index (χ1) is 16.8. The van der Waals surface area contributed by atoms with Crippen LogP contribution in [0.5, 0.6) is 5.75 Å². The number of para-hydroxylation sites is 1. The highest BCUT2D eigenvalue weighted by molar-refractivity contribution is 6.00. The van der Waals surface area contributed by atoms with Crippen LogP contribution in [0.4, 0.5) is 21.6 Å². The summed E-state index contributed by atoms with van der Waals surface area (Å²) in [5.74, 6) is -2.46. The predicted octanol–water partition coefficient (Wildman–Crippen LogP) is 3.44. The molecule has 11 heteroatoms. The molecule has 0 spiro atoms. The smallest absolute Gasteiger partial charge is 0.338 e. The van der Waals surface area contributed by atoms with Crippen LogP contribution in [0.15, 0.2) is 42.5 Å². The fourth-order valence-corrected chi connectivity index (χ4v) is 3.49. The fourth-order valence-electron chi connectivity index (χ4n) is 3.49. The molecule has 1 aromatic heterocycles. The molecular weight excluding hydrogens is 457 g/mol. The SMILES string of the molecule is CNC(=O)c1nnc(NC(=O)C2CC2)cc1Nc1cccc(-c2ccc(C(=O)O)c(F)c2)c1OC. The van der Waals surface area contributed by atoms with Crippen molar-refractivity contribution in [2.24, 2.45) is 5.92 Å². The molecule has 0 bridgehead atoms. The molecule has 0 unspecified atom stereocenters. The summed E-state index contributed by atoms with van der Waals surface area (Å²) in [4.78, 5) is 35.7. The second kappa shape index (κ2) is 9.75. The van der Waals surface area contributed by atoms with Crippen LogP contribution in [0.3, 0.4) is 0 Å². The number of hydrogen-bond acceptors (Lipinski definition) is 7. The number of aromatic nitrogens is 2. The Kier molecular flexibility index (Phi) is 6.58. The van der Waals surface area contributed by atoms with Gasteiger partial charge in [-0.25, -0.2) is 9.18 Å². The maximum atomic E-state index is 14.3. The standard InChI is InChI=1S/C24H22FN5O5/c1-26-23(32)20-18(11-19(29-30-20)28-22(31)12-6-7-12)27-17-5-3-4-14(21(17)35-2)13-8-9-15(24(33)34)16(25)10-13/h3-5,8-12H,6-7H2,1-2H3,(H,26,32)(H,33,34)(H2,27,28,29,31). The van der Waals surface area contributed by atoms with E-state index < -0.39 is 23.3 Å². The highest BCUT2D eigenvalue weighted by Crippen LogP contribution is 2.39. The van der Waals surface area contributed by atoms with E-state index in [9.17, 15) is 18.8 Å². The topological polar surface area (TPSA) is 143 Å². The summed E-state index contributed by atoms with van der Waals surface area (Å²) in [7, 11) is 2.88. The zero-order valence-electron chi connectivity index (χ0n) is 18.9. The van der Waals surface area contributed by atoms with E-state index in [0.717, 1.165) is 18.9 Å². The Morgan fingerprint density at radius 3 is 2.49 bits per heavy atom. The van der Waals surface area contributed by atoms with Crippen molar-refractivity contribution in [1.29, 1.82) is 0 Å². The van der Waals surface area contributed by atoms with Gasteiger partial charge in [-0.2, -0.15) is 0 Å². The van der Waals surface area contributed by atoms with Crippen LogP contribution >= 0.6 is 0 Å². The minimum atomic E-state index is -1.37. The number of nitrogens with zero attached hydrogens (tertiary/aromatic N) is 2. The number of hydrogen-bond donors (Lipinski definition) is 4. The van der Waals surface area contributed by atoms with E-state index >= 15 is 0 Å². The van der Waals surface area contributed by atoms with Crippen molar-refractivity contribution >= 4 is 35.0 Å². The van der Waals surface area contributed by atoms with Crippen molar-refractivity contribution in [1.82, 2.24) is 15.5 Å². The first kappa shape index (κ1) is 23.6. The van der Waals surface area contributed by atoms with Crippen LogP contribution in [0.25, 0.3) is 11.1 Å². The highest BCUT2D eigenvalue weighted by Gasteiger charge is 2.30. The number of carboxylic acids is 1. The van der Waals surface area contributed by atoms with E-state index in [-0.39, 0.29) is 29.0 Å². The molecule has 4 rings (SSSR count). The Labute approximate surface area is 199 Å². The van der Waals surface area contributed by atoms with Gasteiger partial charge in [0.1, 0.15) is 11.6 Å². The first-order valence-corrected chi connectivity index (χ1v) is 10.7. The number of amides is 2. The van der Waals surface area contributed by atoms with E-state index in [4.69, 9.17) is 9.84 Å². The van der Waals surface area contributed by atoms with E-state index in [1.54, 1.807) is 18.2 Å². The molecule has 35 heavy (non-hydrogen) atoms. The van der Waals surface area contributed by atoms with Gasteiger partial charge in [0.15, 0.2) is 11.5 Å². The Hall–Kier alpha value is -4.54. The average Bonchev–Trinajstić information content (AvgIpc) is 3.69. The van der Waals surface area contributed by atoms with Gasteiger partial charge in [-0.1, -0.05) is 18.2 Å². The van der Waals surface area contributed by atoms with Gasteiger partial charge in [0.05, 0.1) is 24.0 Å². The van der Waals surface area contributed by atoms with Crippen molar-refractivity contribution in [3.63, 3.8) is 0 Å². The highest BCUT2D eigenvalue weighted by atomic mass is 19.1. The number of anilines is 3. The van der Waals surface area contributed by atoms with Crippen LogP contribution in [-0.4, -0.2) is 47.2 Å². The lowest BCUT2D eigenvalue weighted by Gasteiger charge is -2.17. The van der Waals surface area contributed by atoms with Crippen LogP contribution in [-0.2, 0) is 4.79 Å². The second-order valence-corrected chi connectivity index (χ2v) is 7.85. The van der Waals surface area contributed by atoms with Crippen molar-refractivity contribution in [3.05, 3.63) is 59.5 Å². The number of carbonyl (C=O) groups excluding carboxylic acids is 2. The Bertz CT molecular complexity index is 1330. The van der Waals surface area contributed by atoms with Gasteiger partial charge in [0, 0.05) is 24.6 Å². The Balaban J connectivity index is 1.73. The minimum absolute atomic E-state index is 0.0127. The van der Waals surface area contributed by atoms with Crippen LogP contribution in [0.2, 0.25) is 0 Å². The number of benzene rings is 2. The lowest BCUT2D eigenvalue weighted by atomic mass is 10.0. The fraction of sp³-hybridized carbons (Fsp3) is 0.208. The Morgan fingerprint density at radius 2 is 1.86 bits per heavy atom. The molecule has 4 N–H and O–H groups in total. The molecule has 0 radical (unpaired) electrons. The average molecular weight is 479 g/mol. The lowest BCUT2D eigenvalue weighted by molar-refractivity contribution is -0.117. The van der Waals surface area contributed by atoms with Crippen molar-refractivity contribution in [2.75, 3.05) is 24.8 Å². The number of ether oxygens (including phenoxy) is 1. The van der Waals surface area contributed by atoms with Crippen molar-refractivity contribution < 1.29 is 28.6 Å². The van der Waals surface area contributed by atoms with Gasteiger partial charge in [0.25, 0.3) is 5.91 Å². The molecule has 0 atom stereocenters. The molecule has 3 aromatic rings. The molecule has 0 saturated heterocycles. The predicted molar refractivity (Wildman–Crippen MR) is 125 cm³/mol. The van der Waals surface area contributed by atoms with E-state index in [2.05, 4.69) is 26.1 Å². The summed E-state index contributed by atoms with van der Waals surface area (Å²) in [5, 5.41) is 25.3.